The number of nitrogens with one attached hydrogen (secondary N) is 1. The molecule has 0 unspecified atom stereocenters. The lowest BCUT2D eigenvalue weighted by molar-refractivity contribution is 0.101. The van der Waals surface area contributed by atoms with E-state index in [0.29, 0.717) is 26.0 Å². The van der Waals surface area contributed by atoms with Crippen LogP contribution >= 0.6 is 22.9 Å². The van der Waals surface area contributed by atoms with E-state index in [2.05, 4.69) is 10.4 Å². The number of carbonyl (C=O) groups is 2. The van der Waals surface area contributed by atoms with Crippen LogP contribution in [0.2, 0.25) is 5.02 Å². The number of hydrogen-bond acceptors (Lipinski definition) is 4. The lowest BCUT2D eigenvalue weighted by Gasteiger charge is -2.01. The Balaban J connectivity index is 1.96. The van der Waals surface area contributed by atoms with Gasteiger partial charge in [-0.2, -0.15) is 5.10 Å². The van der Waals surface area contributed by atoms with E-state index in [0.717, 1.165) is 16.9 Å². The second-order valence-electron chi connectivity index (χ2n) is 4.78. The molecular formula is C15H12ClN3O2S. The minimum Gasteiger partial charge on any atom is -0.304 e. The lowest BCUT2D eigenvalue weighted by atomic mass is 10.2. The van der Waals surface area contributed by atoms with Gasteiger partial charge in [-0.3, -0.25) is 14.3 Å². The van der Waals surface area contributed by atoms with Gasteiger partial charge in [0, 0.05) is 7.05 Å². The zero-order chi connectivity index (χ0) is 15.9. The van der Waals surface area contributed by atoms with Crippen molar-refractivity contribution in [2.75, 3.05) is 5.32 Å². The number of fused-ring (bicyclic) bond motifs is 1. The number of halogens is 1. The molecule has 0 radical (unpaired) electrons. The molecule has 7 heteroatoms. The average molecular weight is 334 g/mol. The minimum atomic E-state index is -0.308. The molecule has 2 heterocycles. The van der Waals surface area contributed by atoms with E-state index in [-0.39, 0.29) is 11.7 Å². The Kier molecular flexibility index (Phi) is 3.72. The number of aromatic nitrogens is 2. The van der Waals surface area contributed by atoms with Gasteiger partial charge in [0.2, 0.25) is 0 Å². The van der Waals surface area contributed by atoms with Crippen LogP contribution in [0.25, 0.3) is 10.9 Å². The van der Waals surface area contributed by atoms with Crippen molar-refractivity contribution in [3.8, 4) is 0 Å². The van der Waals surface area contributed by atoms with Crippen LogP contribution in [0.4, 0.5) is 5.82 Å². The van der Waals surface area contributed by atoms with Crippen molar-refractivity contribution in [3.63, 3.8) is 0 Å². The third-order valence-corrected chi connectivity index (χ3v) is 4.74. The summed E-state index contributed by atoms with van der Waals surface area (Å²) < 4.78 is 1.66. The van der Waals surface area contributed by atoms with Crippen LogP contribution in [0.3, 0.4) is 0 Å². The zero-order valence-electron chi connectivity index (χ0n) is 11.9. The van der Waals surface area contributed by atoms with Crippen LogP contribution in [-0.4, -0.2) is 21.5 Å². The Morgan fingerprint density at radius 3 is 2.64 bits per heavy atom. The van der Waals surface area contributed by atoms with Crippen molar-refractivity contribution in [3.05, 3.63) is 45.1 Å². The molecule has 22 heavy (non-hydrogen) atoms. The van der Waals surface area contributed by atoms with E-state index < -0.39 is 0 Å². The average Bonchev–Trinajstić information content (AvgIpc) is 3.06. The largest absolute Gasteiger partial charge is 0.304 e. The Morgan fingerprint density at radius 2 is 1.95 bits per heavy atom. The highest BCUT2D eigenvalue weighted by molar-refractivity contribution is 7.16. The number of hydrogen-bond donors (Lipinski definition) is 1. The van der Waals surface area contributed by atoms with E-state index in [4.69, 9.17) is 11.6 Å². The first-order valence-electron chi connectivity index (χ1n) is 6.50. The molecule has 0 fully saturated rings. The maximum absolute atomic E-state index is 12.3. The van der Waals surface area contributed by atoms with Gasteiger partial charge in [0.15, 0.2) is 11.6 Å². The molecule has 0 saturated heterocycles. The SMILES string of the molecule is CC(=O)c1ccc(C(=O)Nc2nn(C)c3cccc(Cl)c23)s1. The molecule has 112 valence electrons. The van der Waals surface area contributed by atoms with Gasteiger partial charge in [-0.25, -0.2) is 0 Å². The first-order chi connectivity index (χ1) is 10.5. The summed E-state index contributed by atoms with van der Waals surface area (Å²) in [6, 6.07) is 8.73. The van der Waals surface area contributed by atoms with E-state index in [1.807, 2.05) is 12.1 Å². The molecule has 3 rings (SSSR count). The molecule has 0 aliphatic heterocycles. The third-order valence-electron chi connectivity index (χ3n) is 3.24. The molecule has 1 aromatic carbocycles. The number of ketones is 1. The van der Waals surface area contributed by atoms with Crippen LogP contribution in [0.1, 0.15) is 26.3 Å². The van der Waals surface area contributed by atoms with Gasteiger partial charge < -0.3 is 5.32 Å². The topological polar surface area (TPSA) is 64.0 Å². The number of rotatable bonds is 3. The normalized spacial score (nSPS) is 10.9. The van der Waals surface area contributed by atoms with Crippen LogP contribution in [-0.2, 0) is 7.05 Å². The molecule has 3 aromatic rings. The predicted molar refractivity (Wildman–Crippen MR) is 88.0 cm³/mol. The zero-order valence-corrected chi connectivity index (χ0v) is 13.5. The van der Waals surface area contributed by atoms with Gasteiger partial charge in [-0.05, 0) is 31.2 Å². The molecule has 5 nitrogen and oxygen atoms in total. The van der Waals surface area contributed by atoms with E-state index in [1.165, 1.54) is 6.92 Å². The first kappa shape index (κ1) is 14.7. The fourth-order valence-electron chi connectivity index (χ4n) is 2.18. The predicted octanol–water partition coefficient (Wildman–Crippen LogP) is 3.74. The van der Waals surface area contributed by atoms with Crippen LogP contribution < -0.4 is 5.32 Å². The Hall–Kier alpha value is -2.18. The number of thiophene rings is 1. The molecule has 0 aliphatic carbocycles. The highest BCUT2D eigenvalue weighted by Crippen LogP contribution is 2.30. The number of Topliss-reactive ketones (excluding diaryl/α,β-unsaturated/α-hetero) is 1. The van der Waals surface area contributed by atoms with Crippen molar-refractivity contribution < 1.29 is 9.59 Å². The molecule has 1 N–H and O–H groups in total. The number of amides is 1. The summed E-state index contributed by atoms with van der Waals surface area (Å²) in [4.78, 5) is 24.6. The fourth-order valence-corrected chi connectivity index (χ4v) is 3.23. The van der Waals surface area contributed by atoms with Crippen LogP contribution in [0, 0.1) is 0 Å². The standard InChI is InChI=1S/C15H12ClN3O2S/c1-8(20)11-6-7-12(22-11)15(21)17-14-13-9(16)4-3-5-10(13)19(2)18-14/h3-7H,1-2H3,(H,17,18,21). The molecule has 0 atom stereocenters. The van der Waals surface area contributed by atoms with Crippen molar-refractivity contribution in [1.82, 2.24) is 9.78 Å². The molecular weight excluding hydrogens is 322 g/mol. The van der Waals surface area contributed by atoms with Crippen LogP contribution in [0.15, 0.2) is 30.3 Å². The Bertz CT molecular complexity index is 897. The molecule has 2 aromatic heterocycles. The summed E-state index contributed by atoms with van der Waals surface area (Å²) in [7, 11) is 1.79. The van der Waals surface area contributed by atoms with Gasteiger partial charge in [0.25, 0.3) is 5.91 Å². The summed E-state index contributed by atoms with van der Waals surface area (Å²) in [6.45, 7) is 1.47. The van der Waals surface area contributed by atoms with E-state index in [1.54, 1.807) is 29.9 Å². The number of anilines is 1. The Morgan fingerprint density at radius 1 is 1.23 bits per heavy atom. The summed E-state index contributed by atoms with van der Waals surface area (Å²) in [5.41, 5.74) is 0.832. The molecule has 1 amide bonds. The number of nitrogens with zero attached hydrogens (tertiary/aromatic N) is 2. The number of aryl methyl sites for hydroxylation is 1. The maximum atomic E-state index is 12.3. The van der Waals surface area contributed by atoms with Crippen molar-refractivity contribution in [2.45, 2.75) is 6.92 Å². The molecule has 0 saturated carbocycles. The van der Waals surface area contributed by atoms with Gasteiger partial charge in [0.05, 0.1) is 25.7 Å². The summed E-state index contributed by atoms with van der Waals surface area (Å²) in [6.07, 6.45) is 0. The number of benzene rings is 1. The van der Waals surface area contributed by atoms with E-state index >= 15 is 0 Å². The summed E-state index contributed by atoms with van der Waals surface area (Å²) in [5.74, 6) is 0.0404. The molecule has 0 spiro atoms. The second-order valence-corrected chi connectivity index (χ2v) is 6.27. The van der Waals surface area contributed by atoms with Gasteiger partial charge >= 0.3 is 0 Å². The van der Waals surface area contributed by atoms with Crippen molar-refractivity contribution in [1.29, 1.82) is 0 Å². The quantitative estimate of drug-likeness (QED) is 0.742. The van der Waals surface area contributed by atoms with Gasteiger partial charge in [0.1, 0.15) is 0 Å². The fraction of sp³-hybridized carbons (Fsp3) is 0.133. The van der Waals surface area contributed by atoms with Crippen LogP contribution in [0.5, 0.6) is 0 Å². The van der Waals surface area contributed by atoms with Gasteiger partial charge in [-0.15, -0.1) is 11.3 Å². The van der Waals surface area contributed by atoms with Gasteiger partial charge in [-0.1, -0.05) is 17.7 Å². The highest BCUT2D eigenvalue weighted by Gasteiger charge is 2.17. The van der Waals surface area contributed by atoms with E-state index in [9.17, 15) is 9.59 Å². The summed E-state index contributed by atoms with van der Waals surface area (Å²) >= 11 is 7.36. The summed E-state index contributed by atoms with van der Waals surface area (Å²) in [5, 5.41) is 8.28. The van der Waals surface area contributed by atoms with Crippen molar-refractivity contribution in [2.24, 2.45) is 7.05 Å². The first-order valence-corrected chi connectivity index (χ1v) is 7.70. The minimum absolute atomic E-state index is 0.0598. The monoisotopic (exact) mass is 333 g/mol. The highest BCUT2D eigenvalue weighted by atomic mass is 35.5. The Labute approximate surface area is 135 Å². The van der Waals surface area contributed by atoms with Crippen molar-refractivity contribution >= 4 is 51.3 Å². The lowest BCUT2D eigenvalue weighted by Crippen LogP contribution is -2.11. The molecule has 0 aliphatic rings. The maximum Gasteiger partial charge on any atom is 0.266 e. The molecule has 0 bridgehead atoms. The number of carbonyl (C=O) groups excluding carboxylic acids is 2. The smallest absolute Gasteiger partial charge is 0.266 e. The third kappa shape index (κ3) is 2.51. The second kappa shape index (κ2) is 5.55.